The third-order valence-corrected chi connectivity index (χ3v) is 2.74. The maximum Gasteiger partial charge on any atom is 0.258 e. The van der Waals surface area contributed by atoms with E-state index in [1.807, 2.05) is 6.07 Å². The van der Waals surface area contributed by atoms with Gasteiger partial charge in [0.2, 0.25) is 0 Å². The lowest BCUT2D eigenvalue weighted by molar-refractivity contribution is 0.101. The first kappa shape index (κ1) is 13.4. The highest BCUT2D eigenvalue weighted by Crippen LogP contribution is 2.13. The molecule has 0 unspecified atom stereocenters. The molecule has 0 fully saturated rings. The highest BCUT2D eigenvalue weighted by molar-refractivity contribution is 6.06. The standard InChI is InChI=1S/C15H11N3O2/c1-10(19)11-2-4-13(5-3-11)18-15(20)14-9-17-7-6-12(14)8-16/h2-7,9H,1H3,(H,18,20). The first-order valence-electron chi connectivity index (χ1n) is 5.88. The zero-order valence-corrected chi connectivity index (χ0v) is 10.8. The molecule has 0 radical (unpaired) electrons. The number of pyridine rings is 1. The third kappa shape index (κ3) is 2.87. The van der Waals surface area contributed by atoms with Crippen LogP contribution in [-0.2, 0) is 0 Å². The number of nitrogens with one attached hydrogen (secondary N) is 1. The van der Waals surface area contributed by atoms with E-state index in [4.69, 9.17) is 5.26 Å². The van der Waals surface area contributed by atoms with Gasteiger partial charge in [-0.05, 0) is 37.3 Å². The molecule has 0 spiro atoms. The Hall–Kier alpha value is -3.00. The van der Waals surface area contributed by atoms with Gasteiger partial charge in [0.05, 0.1) is 11.1 Å². The smallest absolute Gasteiger partial charge is 0.258 e. The van der Waals surface area contributed by atoms with E-state index in [2.05, 4.69) is 10.3 Å². The lowest BCUT2D eigenvalue weighted by atomic mass is 10.1. The summed E-state index contributed by atoms with van der Waals surface area (Å²) in [6, 6.07) is 9.96. The second-order valence-electron chi connectivity index (χ2n) is 4.12. The first-order chi connectivity index (χ1) is 9.61. The van der Waals surface area contributed by atoms with Crippen molar-refractivity contribution in [1.29, 1.82) is 5.26 Å². The van der Waals surface area contributed by atoms with Gasteiger partial charge in [0.25, 0.3) is 5.91 Å². The van der Waals surface area contributed by atoms with E-state index < -0.39 is 5.91 Å². The Kier molecular flexibility index (Phi) is 3.87. The van der Waals surface area contributed by atoms with Gasteiger partial charge in [-0.25, -0.2) is 0 Å². The lowest BCUT2D eigenvalue weighted by Gasteiger charge is -2.06. The molecule has 0 aliphatic rings. The number of benzene rings is 1. The molecule has 0 bridgehead atoms. The molecule has 2 aromatic rings. The fourth-order valence-electron chi connectivity index (χ4n) is 1.66. The maximum atomic E-state index is 12.0. The van der Waals surface area contributed by atoms with Crippen molar-refractivity contribution in [3.8, 4) is 6.07 Å². The summed E-state index contributed by atoms with van der Waals surface area (Å²) in [5.74, 6) is -0.452. The molecule has 98 valence electrons. The molecule has 5 heteroatoms. The molecular weight excluding hydrogens is 254 g/mol. The van der Waals surface area contributed by atoms with Crippen LogP contribution in [0.25, 0.3) is 0 Å². The normalized spacial score (nSPS) is 9.60. The average molecular weight is 265 g/mol. The van der Waals surface area contributed by atoms with Crippen molar-refractivity contribution < 1.29 is 9.59 Å². The summed E-state index contributed by atoms with van der Waals surface area (Å²) in [6.45, 7) is 1.47. The fourth-order valence-corrected chi connectivity index (χ4v) is 1.66. The SMILES string of the molecule is CC(=O)c1ccc(NC(=O)c2cnccc2C#N)cc1. The third-order valence-electron chi connectivity index (χ3n) is 2.74. The number of Topliss-reactive ketones (excluding diaryl/α,β-unsaturated/α-hetero) is 1. The van der Waals surface area contributed by atoms with Gasteiger partial charge in [-0.15, -0.1) is 0 Å². The van der Waals surface area contributed by atoms with E-state index in [1.54, 1.807) is 24.3 Å². The molecule has 0 aliphatic carbocycles. The summed E-state index contributed by atoms with van der Waals surface area (Å²) in [6.07, 6.45) is 2.80. The second kappa shape index (κ2) is 5.76. The number of ketones is 1. The van der Waals surface area contributed by atoms with Crippen LogP contribution >= 0.6 is 0 Å². The van der Waals surface area contributed by atoms with Gasteiger partial charge in [0.15, 0.2) is 5.78 Å². The van der Waals surface area contributed by atoms with E-state index in [0.29, 0.717) is 11.3 Å². The van der Waals surface area contributed by atoms with E-state index in [1.165, 1.54) is 25.4 Å². The monoisotopic (exact) mass is 265 g/mol. The molecule has 1 N–H and O–H groups in total. The number of carbonyl (C=O) groups excluding carboxylic acids is 2. The van der Waals surface area contributed by atoms with Crippen LogP contribution in [-0.4, -0.2) is 16.7 Å². The van der Waals surface area contributed by atoms with Crippen molar-refractivity contribution in [3.63, 3.8) is 0 Å². The van der Waals surface area contributed by atoms with Gasteiger partial charge >= 0.3 is 0 Å². The number of hydrogen-bond acceptors (Lipinski definition) is 4. The number of amides is 1. The molecule has 1 heterocycles. The summed E-state index contributed by atoms with van der Waals surface area (Å²) >= 11 is 0. The summed E-state index contributed by atoms with van der Waals surface area (Å²) in [5, 5.41) is 11.6. The molecule has 1 aromatic carbocycles. The van der Waals surface area contributed by atoms with Crippen LogP contribution in [0.1, 0.15) is 33.2 Å². The number of carbonyl (C=O) groups is 2. The summed E-state index contributed by atoms with van der Waals surface area (Å²) in [5.41, 5.74) is 1.60. The van der Waals surface area contributed by atoms with Crippen molar-refractivity contribution in [1.82, 2.24) is 4.98 Å². The predicted octanol–water partition coefficient (Wildman–Crippen LogP) is 2.41. The van der Waals surface area contributed by atoms with Gasteiger partial charge in [-0.3, -0.25) is 14.6 Å². The Morgan fingerprint density at radius 2 is 1.90 bits per heavy atom. The number of hydrogen-bond donors (Lipinski definition) is 1. The molecular formula is C15H11N3O2. The van der Waals surface area contributed by atoms with E-state index in [-0.39, 0.29) is 16.9 Å². The van der Waals surface area contributed by atoms with Crippen LogP contribution < -0.4 is 5.32 Å². The molecule has 5 nitrogen and oxygen atoms in total. The highest BCUT2D eigenvalue weighted by Gasteiger charge is 2.11. The lowest BCUT2D eigenvalue weighted by Crippen LogP contribution is -2.14. The van der Waals surface area contributed by atoms with Gasteiger partial charge in [-0.1, -0.05) is 0 Å². The molecule has 0 saturated heterocycles. The van der Waals surface area contributed by atoms with E-state index in [0.717, 1.165) is 0 Å². The second-order valence-corrected chi connectivity index (χ2v) is 4.12. The number of anilines is 1. The van der Waals surface area contributed by atoms with Crippen molar-refractivity contribution in [2.75, 3.05) is 5.32 Å². The molecule has 20 heavy (non-hydrogen) atoms. The summed E-state index contributed by atoms with van der Waals surface area (Å²) in [7, 11) is 0. The highest BCUT2D eigenvalue weighted by atomic mass is 16.1. The topological polar surface area (TPSA) is 82.8 Å². The minimum Gasteiger partial charge on any atom is -0.322 e. The van der Waals surface area contributed by atoms with E-state index >= 15 is 0 Å². The van der Waals surface area contributed by atoms with Crippen LogP contribution in [0.4, 0.5) is 5.69 Å². The largest absolute Gasteiger partial charge is 0.322 e. The Morgan fingerprint density at radius 1 is 1.20 bits per heavy atom. The first-order valence-corrected chi connectivity index (χ1v) is 5.88. The number of nitriles is 1. The van der Waals surface area contributed by atoms with E-state index in [9.17, 15) is 9.59 Å². The van der Waals surface area contributed by atoms with Crippen LogP contribution in [0.2, 0.25) is 0 Å². The van der Waals surface area contributed by atoms with Gasteiger partial charge in [0.1, 0.15) is 6.07 Å². The Labute approximate surface area is 115 Å². The molecule has 0 aliphatic heterocycles. The fraction of sp³-hybridized carbons (Fsp3) is 0.0667. The molecule has 0 atom stereocenters. The number of aromatic nitrogens is 1. The number of rotatable bonds is 3. The van der Waals surface area contributed by atoms with Gasteiger partial charge in [-0.2, -0.15) is 5.26 Å². The van der Waals surface area contributed by atoms with Crippen molar-refractivity contribution in [2.45, 2.75) is 6.92 Å². The average Bonchev–Trinajstić information content (AvgIpc) is 2.47. The predicted molar refractivity (Wildman–Crippen MR) is 73.4 cm³/mol. The zero-order chi connectivity index (χ0) is 14.5. The maximum absolute atomic E-state index is 12.0. The molecule has 2 rings (SSSR count). The quantitative estimate of drug-likeness (QED) is 0.864. The summed E-state index contributed by atoms with van der Waals surface area (Å²) < 4.78 is 0. The van der Waals surface area contributed by atoms with Crippen molar-refractivity contribution in [3.05, 3.63) is 59.4 Å². The zero-order valence-electron chi connectivity index (χ0n) is 10.8. The van der Waals surface area contributed by atoms with Crippen LogP contribution in [0.3, 0.4) is 0 Å². The Bertz CT molecular complexity index is 700. The molecule has 0 saturated carbocycles. The van der Waals surface area contributed by atoms with Crippen LogP contribution in [0.5, 0.6) is 0 Å². The van der Waals surface area contributed by atoms with Crippen LogP contribution in [0, 0.1) is 11.3 Å². The molecule has 1 aromatic heterocycles. The Morgan fingerprint density at radius 3 is 2.50 bits per heavy atom. The minimum atomic E-state index is -0.412. The Balaban J connectivity index is 2.20. The van der Waals surface area contributed by atoms with Gasteiger partial charge < -0.3 is 5.32 Å². The number of nitrogens with zero attached hydrogens (tertiary/aromatic N) is 2. The van der Waals surface area contributed by atoms with Gasteiger partial charge in [0, 0.05) is 23.6 Å². The summed E-state index contributed by atoms with van der Waals surface area (Å²) in [4.78, 5) is 27.0. The van der Waals surface area contributed by atoms with Crippen LogP contribution in [0.15, 0.2) is 42.7 Å². The molecule has 1 amide bonds. The van der Waals surface area contributed by atoms with Crippen molar-refractivity contribution >= 4 is 17.4 Å². The minimum absolute atomic E-state index is 0.0399. The van der Waals surface area contributed by atoms with Crippen molar-refractivity contribution in [2.24, 2.45) is 0 Å².